The molecule has 2 aliphatic heterocycles. The average molecular weight is 729 g/mol. The van der Waals surface area contributed by atoms with Crippen molar-refractivity contribution in [3.8, 4) is 11.1 Å². The first kappa shape index (κ1) is 35.5. The van der Waals surface area contributed by atoms with Crippen LogP contribution in [-0.2, 0) is 0 Å². The van der Waals surface area contributed by atoms with E-state index in [4.69, 9.17) is 5.41 Å². The number of allylic oxidation sites excluding steroid dienone is 5. The van der Waals surface area contributed by atoms with Gasteiger partial charge in [-0.05, 0) is 101 Å². The van der Waals surface area contributed by atoms with E-state index in [1.807, 2.05) is 0 Å². The Labute approximate surface area is 331 Å². The molecule has 4 N–H and O–H groups in total. The van der Waals surface area contributed by atoms with E-state index >= 15 is 0 Å². The summed E-state index contributed by atoms with van der Waals surface area (Å²) in [5, 5.41) is 20.3. The molecule has 0 fully saturated rings. The highest BCUT2D eigenvalue weighted by atomic mass is 15.2. The van der Waals surface area contributed by atoms with Crippen molar-refractivity contribution >= 4 is 28.9 Å². The van der Waals surface area contributed by atoms with Crippen molar-refractivity contribution in [2.75, 3.05) is 0 Å². The second-order valence-electron chi connectivity index (χ2n) is 15.1. The third kappa shape index (κ3) is 7.28. The first-order chi connectivity index (χ1) is 27.7. The van der Waals surface area contributed by atoms with Crippen LogP contribution in [0.2, 0.25) is 0 Å². The summed E-state index contributed by atoms with van der Waals surface area (Å²) in [6.45, 7) is 0. The first-order valence-corrected chi connectivity index (χ1v) is 20.2. The Balaban J connectivity index is 1.11. The number of rotatable bonds is 8. The Morgan fingerprint density at radius 1 is 0.607 bits per heavy atom. The van der Waals surface area contributed by atoms with Gasteiger partial charge in [0.25, 0.3) is 0 Å². The number of fused-ring (bicyclic) bond motifs is 1. The lowest BCUT2D eigenvalue weighted by Crippen LogP contribution is -2.47. The van der Waals surface area contributed by atoms with Crippen molar-refractivity contribution in [2.24, 2.45) is 0 Å². The minimum atomic E-state index is -0.0165. The molecule has 4 heteroatoms. The van der Waals surface area contributed by atoms with Crippen molar-refractivity contribution in [1.82, 2.24) is 16.0 Å². The molecule has 9 rings (SSSR count). The van der Waals surface area contributed by atoms with E-state index in [-0.39, 0.29) is 12.2 Å². The predicted molar refractivity (Wildman–Crippen MR) is 234 cm³/mol. The van der Waals surface area contributed by atoms with Crippen molar-refractivity contribution in [3.05, 3.63) is 214 Å². The fraction of sp³-hybridized carbons (Fsp3) is 0.173. The third-order valence-corrected chi connectivity index (χ3v) is 11.5. The van der Waals surface area contributed by atoms with Gasteiger partial charge in [0.15, 0.2) is 0 Å². The second kappa shape index (κ2) is 16.2. The molecule has 0 spiro atoms. The van der Waals surface area contributed by atoms with E-state index in [1.54, 1.807) is 6.21 Å². The molecule has 56 heavy (non-hydrogen) atoms. The molecule has 0 saturated heterocycles. The maximum atomic E-state index is 8.58. The van der Waals surface area contributed by atoms with Crippen LogP contribution in [0.3, 0.4) is 0 Å². The lowest BCUT2D eigenvalue weighted by molar-refractivity contribution is 0.480. The highest BCUT2D eigenvalue weighted by Gasteiger charge is 2.29. The average Bonchev–Trinajstić information content (AvgIpc) is 3.58. The summed E-state index contributed by atoms with van der Waals surface area (Å²) in [4.78, 5) is 0. The number of hydrogen-bond acceptors (Lipinski definition) is 4. The Kier molecular flexibility index (Phi) is 10.3. The van der Waals surface area contributed by atoms with Gasteiger partial charge >= 0.3 is 0 Å². The van der Waals surface area contributed by atoms with Gasteiger partial charge in [-0.1, -0.05) is 158 Å². The molecule has 276 valence electrons. The first-order valence-electron chi connectivity index (χ1n) is 20.2. The maximum Gasteiger partial charge on any atom is 0.104 e. The normalized spacial score (nSPS) is 20.3. The van der Waals surface area contributed by atoms with Crippen LogP contribution < -0.4 is 16.0 Å². The number of benzene rings is 5. The fourth-order valence-corrected chi connectivity index (χ4v) is 8.58. The monoisotopic (exact) mass is 728 g/mol. The van der Waals surface area contributed by atoms with Crippen molar-refractivity contribution in [2.45, 2.75) is 57.2 Å². The molecule has 4 aliphatic rings. The van der Waals surface area contributed by atoms with Crippen LogP contribution in [0.5, 0.6) is 0 Å². The summed E-state index contributed by atoms with van der Waals surface area (Å²) in [6.07, 6.45) is 21.0. The minimum Gasteiger partial charge on any atom is -0.366 e. The third-order valence-electron chi connectivity index (χ3n) is 11.5. The summed E-state index contributed by atoms with van der Waals surface area (Å²) < 4.78 is 0. The Morgan fingerprint density at radius 3 is 2.00 bits per heavy atom. The predicted octanol–water partition coefficient (Wildman–Crippen LogP) is 12.0. The van der Waals surface area contributed by atoms with Crippen molar-refractivity contribution in [1.29, 1.82) is 5.41 Å². The summed E-state index contributed by atoms with van der Waals surface area (Å²) in [7, 11) is 0. The van der Waals surface area contributed by atoms with Gasteiger partial charge in [-0.25, -0.2) is 0 Å². The number of nitrogens with one attached hydrogen (secondary N) is 4. The van der Waals surface area contributed by atoms with E-state index in [1.165, 1.54) is 57.4 Å². The van der Waals surface area contributed by atoms with Crippen LogP contribution in [0.25, 0.3) is 33.8 Å². The topological polar surface area (TPSA) is 59.9 Å². The standard InChI is InChI=1S/C52H48N4/c53-35-46(38-18-10-4-11-19-38)51-45-25-15-14-24-44(45)49(50(56-51)42-20-12-5-13-21-42)41-32-30-40(31-33-41)48-34-47(54-52(55-48)43-22-6-1-2-7-23-43)39-28-26-37(27-29-39)36-16-8-3-9-17-36/h3,5-6,8-9,12-18,20-35,48,52-56H,1-2,4,7,10-11,19H2/b51-46+,53-35?. The van der Waals surface area contributed by atoms with Crippen molar-refractivity contribution in [3.63, 3.8) is 0 Å². The van der Waals surface area contributed by atoms with Gasteiger partial charge in [-0.3, -0.25) is 5.32 Å². The quantitative estimate of drug-likeness (QED) is 0.120. The SMILES string of the molecule is N=C/C(C1=CCCCC1)=C1\NC(c2ccccc2)=C(c2ccc(C3C=C(c4ccc(-c5ccccc5)cc4)NC(C4=CCCCC=C4)N3)cc2)c2ccccc21. The molecule has 0 bridgehead atoms. The van der Waals surface area contributed by atoms with Crippen LogP contribution >= 0.6 is 0 Å². The summed E-state index contributed by atoms with van der Waals surface area (Å²) in [5.74, 6) is 0. The molecule has 0 radical (unpaired) electrons. The Bertz CT molecular complexity index is 2410. The molecule has 5 aromatic carbocycles. The molecule has 2 atom stereocenters. The van der Waals surface area contributed by atoms with E-state index in [0.29, 0.717) is 0 Å². The van der Waals surface area contributed by atoms with Gasteiger partial charge in [-0.15, -0.1) is 0 Å². The van der Waals surface area contributed by atoms with E-state index in [0.717, 1.165) is 71.5 Å². The molecule has 2 aliphatic carbocycles. The summed E-state index contributed by atoms with van der Waals surface area (Å²) >= 11 is 0. The molecular weight excluding hydrogens is 681 g/mol. The van der Waals surface area contributed by atoms with Gasteiger partial charge in [0.2, 0.25) is 0 Å². The van der Waals surface area contributed by atoms with E-state index < -0.39 is 0 Å². The van der Waals surface area contributed by atoms with Crippen LogP contribution in [0.15, 0.2) is 181 Å². The molecule has 2 heterocycles. The molecular formula is C52H48N4. The van der Waals surface area contributed by atoms with Crippen LogP contribution in [0.4, 0.5) is 0 Å². The smallest absolute Gasteiger partial charge is 0.104 e. The van der Waals surface area contributed by atoms with E-state index in [9.17, 15) is 0 Å². The van der Waals surface area contributed by atoms with Gasteiger partial charge in [0, 0.05) is 28.6 Å². The Morgan fingerprint density at radius 2 is 1.27 bits per heavy atom. The molecule has 0 amide bonds. The molecule has 5 aromatic rings. The lowest BCUT2D eigenvalue weighted by Gasteiger charge is -2.34. The van der Waals surface area contributed by atoms with Crippen molar-refractivity contribution < 1.29 is 0 Å². The largest absolute Gasteiger partial charge is 0.366 e. The van der Waals surface area contributed by atoms with Gasteiger partial charge < -0.3 is 16.0 Å². The highest BCUT2D eigenvalue weighted by Crippen LogP contribution is 2.42. The van der Waals surface area contributed by atoms with Crippen LogP contribution in [0, 0.1) is 5.41 Å². The van der Waals surface area contributed by atoms with Gasteiger partial charge in [0.05, 0.1) is 17.4 Å². The molecule has 2 unspecified atom stereocenters. The second-order valence-corrected chi connectivity index (χ2v) is 15.1. The molecule has 4 nitrogen and oxygen atoms in total. The zero-order chi connectivity index (χ0) is 37.7. The highest BCUT2D eigenvalue weighted by molar-refractivity contribution is 6.09. The van der Waals surface area contributed by atoms with Gasteiger partial charge in [0.1, 0.15) is 6.17 Å². The lowest BCUT2D eigenvalue weighted by atomic mass is 9.83. The zero-order valence-corrected chi connectivity index (χ0v) is 31.8. The fourth-order valence-electron chi connectivity index (χ4n) is 8.58. The zero-order valence-electron chi connectivity index (χ0n) is 31.8. The van der Waals surface area contributed by atoms with Crippen LogP contribution in [-0.4, -0.2) is 12.4 Å². The molecule has 0 saturated carbocycles. The van der Waals surface area contributed by atoms with Gasteiger partial charge in [-0.2, -0.15) is 0 Å². The minimum absolute atomic E-state index is 0.00412. The molecule has 0 aromatic heterocycles. The van der Waals surface area contributed by atoms with Crippen LogP contribution in [0.1, 0.15) is 84.4 Å². The number of hydrogen-bond donors (Lipinski definition) is 4. The Hall–Kier alpha value is -6.23. The summed E-state index contributed by atoms with van der Waals surface area (Å²) in [5.41, 5.74) is 17.4. The maximum absolute atomic E-state index is 8.58. The van der Waals surface area contributed by atoms with E-state index in [2.05, 4.69) is 180 Å². The summed E-state index contributed by atoms with van der Waals surface area (Å²) in [6, 6.07) is 48.0.